The van der Waals surface area contributed by atoms with E-state index in [-0.39, 0.29) is 23.8 Å². The van der Waals surface area contributed by atoms with E-state index in [4.69, 9.17) is 4.74 Å². The van der Waals surface area contributed by atoms with Crippen LogP contribution in [0.2, 0.25) is 0 Å². The zero-order chi connectivity index (χ0) is 25.4. The van der Waals surface area contributed by atoms with Crippen LogP contribution in [-0.4, -0.2) is 51.5 Å². The minimum Gasteiger partial charge on any atom is -0.444 e. The normalized spacial score (nSPS) is 17.8. The van der Waals surface area contributed by atoms with Gasteiger partial charge in [-0.2, -0.15) is 0 Å². The number of aromatic nitrogens is 2. The van der Waals surface area contributed by atoms with Crippen LogP contribution in [0.15, 0.2) is 47.2 Å². The van der Waals surface area contributed by atoms with Crippen molar-refractivity contribution < 1.29 is 14.3 Å². The number of ketones is 1. The average molecular weight is 552 g/mol. The van der Waals surface area contributed by atoms with Crippen molar-refractivity contribution in [2.24, 2.45) is 5.92 Å². The Kier molecular flexibility index (Phi) is 6.59. The third-order valence-electron chi connectivity index (χ3n) is 6.27. The summed E-state index contributed by atoms with van der Waals surface area (Å²) in [6.07, 6.45) is 5.84. The van der Waals surface area contributed by atoms with Crippen molar-refractivity contribution >= 4 is 55.9 Å². The third-order valence-corrected chi connectivity index (χ3v) is 6.76. The van der Waals surface area contributed by atoms with Crippen molar-refractivity contribution in [3.8, 4) is 0 Å². The summed E-state index contributed by atoms with van der Waals surface area (Å²) in [7, 11) is 0. The number of nitrogens with one attached hydrogen (secondary N) is 2. The van der Waals surface area contributed by atoms with E-state index in [9.17, 15) is 9.59 Å². The molecule has 5 rings (SSSR count). The maximum atomic E-state index is 13.0. The number of rotatable bonds is 6. The standard InChI is InChI=1S/C27H30BrN5O3/c1-27(2,3)36-26(35)33-11-10-19(15-33)31-23-9-7-18(13-30-23)32-24-20-12-17(28)6-8-22(20)29-14-21(24)25(34)16-4-5-16/h6-9,12-14,16,19H,4-5,10-11,15H2,1-3H3,(H,29,32)(H,30,31). The van der Waals surface area contributed by atoms with Gasteiger partial charge in [0.1, 0.15) is 11.4 Å². The number of pyridine rings is 2. The van der Waals surface area contributed by atoms with E-state index in [0.717, 1.165) is 51.8 Å². The Morgan fingerprint density at radius 3 is 2.58 bits per heavy atom. The molecule has 1 aliphatic heterocycles. The predicted molar refractivity (Wildman–Crippen MR) is 144 cm³/mol. The zero-order valence-electron chi connectivity index (χ0n) is 20.7. The molecule has 1 saturated carbocycles. The Morgan fingerprint density at radius 1 is 1.08 bits per heavy atom. The molecule has 1 saturated heterocycles. The maximum Gasteiger partial charge on any atom is 0.410 e. The minimum atomic E-state index is -0.508. The van der Waals surface area contributed by atoms with Gasteiger partial charge in [0.05, 0.1) is 28.7 Å². The second-order valence-electron chi connectivity index (χ2n) is 10.5. The van der Waals surface area contributed by atoms with Crippen molar-refractivity contribution in [1.82, 2.24) is 14.9 Å². The van der Waals surface area contributed by atoms with E-state index in [0.29, 0.717) is 18.7 Å². The number of nitrogens with zero attached hydrogens (tertiary/aromatic N) is 3. The van der Waals surface area contributed by atoms with Crippen molar-refractivity contribution in [3.05, 3.63) is 52.8 Å². The first-order valence-electron chi connectivity index (χ1n) is 12.3. The van der Waals surface area contributed by atoms with Gasteiger partial charge in [-0.05, 0) is 70.4 Å². The number of fused-ring (bicyclic) bond motifs is 1. The molecule has 8 nitrogen and oxygen atoms in total. The Labute approximate surface area is 219 Å². The van der Waals surface area contributed by atoms with Gasteiger partial charge in [-0.1, -0.05) is 15.9 Å². The molecular weight excluding hydrogens is 522 g/mol. The van der Waals surface area contributed by atoms with Crippen LogP contribution in [0.4, 0.5) is 22.0 Å². The summed E-state index contributed by atoms with van der Waals surface area (Å²) in [5.41, 5.74) is 2.45. The number of hydrogen-bond acceptors (Lipinski definition) is 7. The van der Waals surface area contributed by atoms with Crippen LogP contribution in [0.5, 0.6) is 0 Å². The first kappa shape index (κ1) is 24.5. The summed E-state index contributed by atoms with van der Waals surface area (Å²) in [4.78, 5) is 36.1. The molecule has 3 heterocycles. The molecule has 1 aliphatic carbocycles. The number of Topliss-reactive ketones (excluding diaryl/α,β-unsaturated/α-hetero) is 1. The molecule has 3 aromatic rings. The molecule has 1 unspecified atom stereocenters. The second kappa shape index (κ2) is 9.69. The number of ether oxygens (including phenoxy) is 1. The fraction of sp³-hybridized carbons (Fsp3) is 0.407. The van der Waals surface area contributed by atoms with E-state index < -0.39 is 5.60 Å². The number of carbonyl (C=O) groups excluding carboxylic acids is 2. The van der Waals surface area contributed by atoms with Crippen LogP contribution < -0.4 is 10.6 Å². The van der Waals surface area contributed by atoms with E-state index in [1.54, 1.807) is 17.3 Å². The van der Waals surface area contributed by atoms with Crippen LogP contribution in [0.1, 0.15) is 50.4 Å². The molecule has 2 aliphatic rings. The second-order valence-corrected chi connectivity index (χ2v) is 11.4. The average Bonchev–Trinajstić information content (AvgIpc) is 3.57. The van der Waals surface area contributed by atoms with Crippen molar-refractivity contribution in [3.63, 3.8) is 0 Å². The van der Waals surface area contributed by atoms with Crippen LogP contribution in [0, 0.1) is 5.92 Å². The fourth-order valence-corrected chi connectivity index (χ4v) is 4.69. The molecule has 0 bridgehead atoms. The summed E-state index contributed by atoms with van der Waals surface area (Å²) in [6, 6.07) is 9.80. The lowest BCUT2D eigenvalue weighted by Gasteiger charge is -2.24. The highest BCUT2D eigenvalue weighted by Crippen LogP contribution is 2.38. The lowest BCUT2D eigenvalue weighted by Crippen LogP contribution is -2.36. The van der Waals surface area contributed by atoms with Crippen LogP contribution in [0.3, 0.4) is 0 Å². The lowest BCUT2D eigenvalue weighted by molar-refractivity contribution is 0.0293. The van der Waals surface area contributed by atoms with E-state index >= 15 is 0 Å². The summed E-state index contributed by atoms with van der Waals surface area (Å²) in [5, 5.41) is 7.72. The molecule has 0 radical (unpaired) electrons. The third kappa shape index (κ3) is 5.61. The minimum absolute atomic E-state index is 0.0910. The van der Waals surface area contributed by atoms with Gasteiger partial charge in [-0.15, -0.1) is 0 Å². The molecule has 36 heavy (non-hydrogen) atoms. The monoisotopic (exact) mass is 551 g/mol. The first-order chi connectivity index (χ1) is 17.2. The summed E-state index contributed by atoms with van der Waals surface area (Å²) < 4.78 is 6.40. The highest BCUT2D eigenvalue weighted by atomic mass is 79.9. The van der Waals surface area contributed by atoms with Gasteiger partial charge in [0.25, 0.3) is 0 Å². The van der Waals surface area contributed by atoms with Gasteiger partial charge in [0.2, 0.25) is 0 Å². The number of benzene rings is 1. The molecule has 2 fully saturated rings. The Hall–Kier alpha value is -3.20. The van der Waals surface area contributed by atoms with Gasteiger partial charge < -0.3 is 20.3 Å². The highest BCUT2D eigenvalue weighted by Gasteiger charge is 2.33. The quantitative estimate of drug-likeness (QED) is 0.354. The Balaban J connectivity index is 1.30. The van der Waals surface area contributed by atoms with Crippen molar-refractivity contribution in [2.45, 2.75) is 51.7 Å². The summed E-state index contributed by atoms with van der Waals surface area (Å²) in [6.45, 7) is 6.83. The van der Waals surface area contributed by atoms with Gasteiger partial charge >= 0.3 is 6.09 Å². The number of halogens is 1. The fourth-order valence-electron chi connectivity index (χ4n) is 4.33. The van der Waals surface area contributed by atoms with Crippen molar-refractivity contribution in [1.29, 1.82) is 0 Å². The number of carbonyl (C=O) groups is 2. The number of hydrogen-bond donors (Lipinski definition) is 2. The Bertz CT molecular complexity index is 1300. The van der Waals surface area contributed by atoms with Gasteiger partial charge in [0.15, 0.2) is 5.78 Å². The Morgan fingerprint density at radius 2 is 1.89 bits per heavy atom. The van der Waals surface area contributed by atoms with Crippen LogP contribution >= 0.6 is 15.9 Å². The van der Waals surface area contributed by atoms with Crippen LogP contribution in [0.25, 0.3) is 10.9 Å². The maximum absolute atomic E-state index is 13.0. The molecule has 1 atom stereocenters. The largest absolute Gasteiger partial charge is 0.444 e. The van der Waals surface area contributed by atoms with Gasteiger partial charge in [-0.3, -0.25) is 9.78 Å². The molecule has 1 aromatic carbocycles. The van der Waals surface area contributed by atoms with Crippen LogP contribution in [-0.2, 0) is 4.74 Å². The van der Waals surface area contributed by atoms with E-state index in [1.807, 2.05) is 51.1 Å². The number of likely N-dealkylation sites (tertiary alicyclic amines) is 1. The van der Waals surface area contributed by atoms with E-state index in [1.165, 1.54) is 0 Å². The SMILES string of the molecule is CC(C)(C)OC(=O)N1CCC(Nc2ccc(Nc3c(C(=O)C4CC4)cnc4ccc(Br)cc34)cn2)C1. The number of amides is 1. The summed E-state index contributed by atoms with van der Waals surface area (Å²) >= 11 is 3.54. The van der Waals surface area contributed by atoms with Gasteiger partial charge in [0, 0.05) is 41.1 Å². The highest BCUT2D eigenvalue weighted by molar-refractivity contribution is 9.10. The molecular formula is C27H30BrN5O3. The first-order valence-corrected chi connectivity index (χ1v) is 13.1. The van der Waals surface area contributed by atoms with Crippen molar-refractivity contribution in [2.75, 3.05) is 23.7 Å². The molecule has 2 N–H and O–H groups in total. The topological polar surface area (TPSA) is 96.5 Å². The molecule has 2 aromatic heterocycles. The van der Waals surface area contributed by atoms with E-state index in [2.05, 4.69) is 36.5 Å². The molecule has 1 amide bonds. The lowest BCUT2D eigenvalue weighted by atomic mass is 10.0. The molecule has 9 heteroatoms. The number of anilines is 3. The zero-order valence-corrected chi connectivity index (χ0v) is 22.3. The molecule has 0 spiro atoms. The van der Waals surface area contributed by atoms with Gasteiger partial charge in [-0.25, -0.2) is 9.78 Å². The molecule has 188 valence electrons. The smallest absolute Gasteiger partial charge is 0.410 e. The predicted octanol–water partition coefficient (Wildman–Crippen LogP) is 6.15. The summed E-state index contributed by atoms with van der Waals surface area (Å²) in [5.74, 6) is 0.954.